The van der Waals surface area contributed by atoms with E-state index in [0.29, 0.717) is 67.2 Å². The van der Waals surface area contributed by atoms with Crippen LogP contribution in [0, 0.1) is 5.92 Å². The van der Waals surface area contributed by atoms with E-state index in [9.17, 15) is 18.3 Å². The molecule has 190 valence electrons. The van der Waals surface area contributed by atoms with Crippen LogP contribution in [-0.2, 0) is 14.8 Å². The number of β-amino-alcohol motifs (C(OH)–C–C–N with tert-alkyl or cyclic N) is 1. The van der Waals surface area contributed by atoms with Crippen LogP contribution in [0.5, 0.6) is 11.5 Å². The van der Waals surface area contributed by atoms with Crippen LogP contribution in [0.1, 0.15) is 39.5 Å². The van der Waals surface area contributed by atoms with E-state index in [2.05, 4.69) is 23.6 Å². The number of hydrogen-bond acceptors (Lipinski definition) is 8. The molecule has 0 spiro atoms. The number of pyridine rings is 1. The monoisotopic (exact) mass is 523 g/mol. The van der Waals surface area contributed by atoms with Crippen LogP contribution >= 0.6 is 11.6 Å². The number of ether oxygens (including phenoxy) is 2. The summed E-state index contributed by atoms with van der Waals surface area (Å²) in [6, 6.07) is 9.45. The third-order valence-electron chi connectivity index (χ3n) is 5.98. The van der Waals surface area contributed by atoms with Crippen LogP contribution in [0.3, 0.4) is 0 Å². The van der Waals surface area contributed by atoms with Gasteiger partial charge in [-0.3, -0.25) is 4.79 Å². The molecule has 1 aromatic heterocycles. The summed E-state index contributed by atoms with van der Waals surface area (Å²) >= 11 is 6.13. The molecule has 2 N–H and O–H groups in total. The van der Waals surface area contributed by atoms with Gasteiger partial charge in [-0.05, 0) is 43.0 Å². The Morgan fingerprint density at radius 1 is 1.29 bits per heavy atom. The van der Waals surface area contributed by atoms with Gasteiger partial charge in [-0.1, -0.05) is 31.5 Å². The number of rotatable bonds is 10. The molecule has 35 heavy (non-hydrogen) atoms. The second-order valence-corrected chi connectivity index (χ2v) is 11.4. The molecule has 11 heteroatoms. The number of aliphatic hydroxyl groups is 1. The average molecular weight is 524 g/mol. The number of sulfonamides is 1. The third-order valence-corrected chi connectivity index (χ3v) is 7.45. The van der Waals surface area contributed by atoms with Crippen LogP contribution in [0.15, 0.2) is 41.4 Å². The first-order valence-electron chi connectivity index (χ1n) is 11.7. The van der Waals surface area contributed by atoms with E-state index in [1.807, 2.05) is 0 Å². The van der Waals surface area contributed by atoms with Crippen molar-refractivity contribution in [1.29, 1.82) is 0 Å². The van der Waals surface area contributed by atoms with Gasteiger partial charge in [0.1, 0.15) is 5.82 Å². The Hall–Kier alpha value is -2.56. The van der Waals surface area contributed by atoms with Crippen molar-refractivity contribution in [2.45, 2.75) is 56.3 Å². The zero-order chi connectivity index (χ0) is 25.2. The highest BCUT2D eigenvalue weighted by Gasteiger charge is 2.54. The van der Waals surface area contributed by atoms with Gasteiger partial charge in [-0.15, -0.1) is 0 Å². The maximum Gasteiger partial charge on any atom is 0.281 e. The van der Waals surface area contributed by atoms with Gasteiger partial charge >= 0.3 is 0 Å². The lowest BCUT2D eigenvalue weighted by Gasteiger charge is -2.21. The van der Waals surface area contributed by atoms with E-state index in [4.69, 9.17) is 21.1 Å². The molecule has 1 aromatic carbocycles. The molecular formula is C24H30ClN3O6S. The molecule has 0 radical (unpaired) electrons. The van der Waals surface area contributed by atoms with Crippen molar-refractivity contribution in [2.24, 2.45) is 5.92 Å². The lowest BCUT2D eigenvalue weighted by Crippen LogP contribution is -2.43. The molecule has 1 amide bonds. The maximum absolute atomic E-state index is 13.0. The van der Waals surface area contributed by atoms with Crippen LogP contribution < -0.4 is 19.1 Å². The van der Waals surface area contributed by atoms with E-state index in [1.165, 1.54) is 6.07 Å². The van der Waals surface area contributed by atoms with E-state index < -0.39 is 27.6 Å². The van der Waals surface area contributed by atoms with E-state index >= 15 is 0 Å². The van der Waals surface area contributed by atoms with Gasteiger partial charge in [-0.25, -0.2) is 9.71 Å². The maximum atomic E-state index is 13.0. The van der Waals surface area contributed by atoms with Gasteiger partial charge in [0.05, 0.1) is 12.7 Å². The van der Waals surface area contributed by atoms with Crippen molar-refractivity contribution in [2.75, 3.05) is 24.6 Å². The fourth-order valence-electron chi connectivity index (χ4n) is 3.73. The highest BCUT2D eigenvalue weighted by Crippen LogP contribution is 2.44. The first-order valence-corrected chi connectivity index (χ1v) is 13.5. The number of nitrogens with zero attached hydrogens (tertiary/aromatic N) is 2. The average Bonchev–Trinajstić information content (AvgIpc) is 3.46. The zero-order valence-electron chi connectivity index (χ0n) is 19.7. The minimum atomic E-state index is -4.24. The number of aromatic nitrogens is 1. The first kappa shape index (κ1) is 25.5. The Kier molecular flexibility index (Phi) is 7.44. The van der Waals surface area contributed by atoms with E-state index in [0.717, 1.165) is 6.42 Å². The molecule has 1 aliphatic carbocycles. The van der Waals surface area contributed by atoms with Crippen LogP contribution in [0.2, 0.25) is 5.02 Å². The minimum Gasteiger partial charge on any atom is -0.490 e. The van der Waals surface area contributed by atoms with Crippen molar-refractivity contribution in [1.82, 2.24) is 9.71 Å². The fraction of sp³-hybridized carbons (Fsp3) is 0.500. The molecular weight excluding hydrogens is 494 g/mol. The summed E-state index contributed by atoms with van der Waals surface area (Å²) < 4.78 is 39.9. The van der Waals surface area contributed by atoms with E-state index in [1.54, 1.807) is 35.2 Å². The predicted octanol–water partition coefficient (Wildman–Crippen LogP) is 3.15. The number of anilines is 1. The molecule has 2 fully saturated rings. The summed E-state index contributed by atoms with van der Waals surface area (Å²) in [6.07, 6.45) is 1.65. The standard InChI is InChI=1S/C24H30ClN3O6S/c1-16(2)9-13-33-19-7-6-17(25)14-20(19)34-24(10-11-24)23(30)27-35(31,32)22-5-3-4-21(26-22)28-12-8-18(29)15-28/h3-7,14,16,18,29H,8-13,15H2,1-2H3,(H,27,30)/t18-/m0/s1. The summed E-state index contributed by atoms with van der Waals surface area (Å²) in [5.41, 5.74) is -1.33. The number of carbonyl (C=O) groups excluding carboxylic acids is 1. The number of hydrogen-bond donors (Lipinski definition) is 2. The Labute approximate surface area is 210 Å². The summed E-state index contributed by atoms with van der Waals surface area (Å²) in [6.45, 7) is 5.60. The minimum absolute atomic E-state index is 0.277. The molecule has 4 rings (SSSR count). The Bertz CT molecular complexity index is 1190. The van der Waals surface area contributed by atoms with Gasteiger partial charge in [0, 0.05) is 37.0 Å². The van der Waals surface area contributed by atoms with Crippen LogP contribution in [0.4, 0.5) is 5.82 Å². The van der Waals surface area contributed by atoms with Gasteiger partial charge in [0.15, 0.2) is 22.1 Å². The normalized spacial score (nSPS) is 19.0. The van der Waals surface area contributed by atoms with E-state index in [-0.39, 0.29) is 5.03 Å². The summed E-state index contributed by atoms with van der Waals surface area (Å²) in [7, 11) is -4.24. The quantitative estimate of drug-likeness (QED) is 0.487. The molecule has 9 nitrogen and oxygen atoms in total. The molecule has 2 aromatic rings. The predicted molar refractivity (Wildman–Crippen MR) is 131 cm³/mol. The molecule has 1 saturated carbocycles. The summed E-state index contributed by atoms with van der Waals surface area (Å²) in [4.78, 5) is 19.1. The number of carbonyl (C=O) groups is 1. The molecule has 1 saturated heterocycles. The van der Waals surface area contributed by atoms with Gasteiger partial charge in [0.25, 0.3) is 15.9 Å². The topological polar surface area (TPSA) is 118 Å². The van der Waals surface area contributed by atoms with Crippen LogP contribution in [-0.4, -0.2) is 55.8 Å². The number of benzene rings is 1. The van der Waals surface area contributed by atoms with Crippen molar-refractivity contribution < 1.29 is 27.8 Å². The van der Waals surface area contributed by atoms with Crippen molar-refractivity contribution in [3.05, 3.63) is 41.4 Å². The van der Waals surface area contributed by atoms with Gasteiger partial charge in [-0.2, -0.15) is 8.42 Å². The Morgan fingerprint density at radius 3 is 2.71 bits per heavy atom. The smallest absolute Gasteiger partial charge is 0.281 e. The highest BCUT2D eigenvalue weighted by molar-refractivity contribution is 7.90. The lowest BCUT2D eigenvalue weighted by atomic mass is 10.1. The summed E-state index contributed by atoms with van der Waals surface area (Å²) in [5.74, 6) is 0.851. The molecule has 1 aliphatic heterocycles. The van der Waals surface area contributed by atoms with Crippen molar-refractivity contribution >= 4 is 33.3 Å². The SMILES string of the molecule is CC(C)CCOc1ccc(Cl)cc1OC1(C(=O)NS(=O)(=O)c2cccc(N3CC[C@H](O)C3)n2)CC1. The highest BCUT2D eigenvalue weighted by atomic mass is 35.5. The lowest BCUT2D eigenvalue weighted by molar-refractivity contribution is -0.128. The fourth-order valence-corrected chi connectivity index (χ4v) is 4.90. The summed E-state index contributed by atoms with van der Waals surface area (Å²) in [5, 5.41) is 9.89. The van der Waals surface area contributed by atoms with Crippen molar-refractivity contribution in [3.8, 4) is 11.5 Å². The largest absolute Gasteiger partial charge is 0.490 e. The Morgan fingerprint density at radius 2 is 2.06 bits per heavy atom. The number of halogens is 1. The van der Waals surface area contributed by atoms with Gasteiger partial charge < -0.3 is 19.5 Å². The molecule has 1 atom stereocenters. The number of amides is 1. The third kappa shape index (κ3) is 6.17. The molecule has 2 heterocycles. The second kappa shape index (κ2) is 10.2. The second-order valence-electron chi connectivity index (χ2n) is 9.38. The van der Waals surface area contributed by atoms with Crippen LogP contribution in [0.25, 0.3) is 0 Å². The number of nitrogens with one attached hydrogen (secondary N) is 1. The molecule has 2 aliphatic rings. The first-order chi connectivity index (χ1) is 16.6. The number of aliphatic hydroxyl groups excluding tert-OH is 1. The van der Waals surface area contributed by atoms with Gasteiger partial charge in [0.2, 0.25) is 0 Å². The van der Waals surface area contributed by atoms with Crippen molar-refractivity contribution in [3.63, 3.8) is 0 Å². The Balaban J connectivity index is 1.47. The zero-order valence-corrected chi connectivity index (χ0v) is 21.3. The molecule has 0 bridgehead atoms. The molecule has 0 unspecified atom stereocenters.